The number of H-pyrrole nitrogens is 1. The Morgan fingerprint density at radius 2 is 2.33 bits per heavy atom. The molecule has 1 atom stereocenters. The summed E-state index contributed by atoms with van der Waals surface area (Å²) in [6.07, 6.45) is 3.84. The molecule has 0 saturated heterocycles. The van der Waals surface area contributed by atoms with Gasteiger partial charge in [-0.3, -0.25) is 5.10 Å². The van der Waals surface area contributed by atoms with E-state index in [1.807, 2.05) is 0 Å². The van der Waals surface area contributed by atoms with E-state index in [0.29, 0.717) is 11.3 Å². The van der Waals surface area contributed by atoms with Crippen molar-refractivity contribution in [2.45, 2.75) is 52.5 Å². The zero-order valence-electron chi connectivity index (χ0n) is 9.71. The Morgan fingerprint density at radius 1 is 1.60 bits per heavy atom. The summed E-state index contributed by atoms with van der Waals surface area (Å²) >= 11 is 5.23. The van der Waals surface area contributed by atoms with Gasteiger partial charge < -0.3 is 4.57 Å². The molecule has 1 aromatic heterocycles. The molecule has 0 amide bonds. The second-order valence-electron chi connectivity index (χ2n) is 5.06. The maximum atomic E-state index is 5.23. The molecular formula is C11H19N3S. The summed E-state index contributed by atoms with van der Waals surface area (Å²) in [7, 11) is 0. The zero-order valence-corrected chi connectivity index (χ0v) is 10.5. The summed E-state index contributed by atoms with van der Waals surface area (Å²) < 4.78 is 2.89. The maximum Gasteiger partial charge on any atom is 0.195 e. The van der Waals surface area contributed by atoms with Crippen LogP contribution < -0.4 is 0 Å². The first-order valence-electron chi connectivity index (χ1n) is 5.71. The van der Waals surface area contributed by atoms with Crippen molar-refractivity contribution in [3.8, 4) is 0 Å². The Kier molecular flexibility index (Phi) is 2.71. The van der Waals surface area contributed by atoms with Crippen LogP contribution in [0, 0.1) is 10.2 Å². The van der Waals surface area contributed by atoms with E-state index in [1.165, 1.54) is 19.3 Å². The molecule has 15 heavy (non-hydrogen) atoms. The van der Waals surface area contributed by atoms with Crippen molar-refractivity contribution in [3.63, 3.8) is 0 Å². The molecule has 84 valence electrons. The second kappa shape index (κ2) is 3.74. The summed E-state index contributed by atoms with van der Waals surface area (Å²) in [5.74, 6) is 1.72. The largest absolute Gasteiger partial charge is 0.304 e. The molecule has 0 aromatic carbocycles. The van der Waals surface area contributed by atoms with Gasteiger partial charge in [-0.25, -0.2) is 0 Å². The molecule has 3 nitrogen and oxygen atoms in total. The van der Waals surface area contributed by atoms with Crippen LogP contribution in [0.25, 0.3) is 0 Å². The van der Waals surface area contributed by atoms with Gasteiger partial charge in [0.2, 0.25) is 0 Å². The van der Waals surface area contributed by atoms with Crippen LogP contribution in [-0.4, -0.2) is 14.8 Å². The topological polar surface area (TPSA) is 33.6 Å². The van der Waals surface area contributed by atoms with E-state index >= 15 is 0 Å². The van der Waals surface area contributed by atoms with Gasteiger partial charge in [0.05, 0.1) is 0 Å². The summed E-state index contributed by atoms with van der Waals surface area (Å²) in [6, 6.07) is 0. The molecule has 1 N–H and O–H groups in total. The fraction of sp³-hybridized carbons (Fsp3) is 0.818. The van der Waals surface area contributed by atoms with E-state index in [9.17, 15) is 0 Å². The lowest BCUT2D eigenvalue weighted by molar-refractivity contribution is 0.315. The first kappa shape index (κ1) is 10.9. The van der Waals surface area contributed by atoms with Crippen molar-refractivity contribution < 1.29 is 0 Å². The fourth-order valence-electron chi connectivity index (χ4n) is 2.71. The molecule has 1 fully saturated rings. The monoisotopic (exact) mass is 225 g/mol. The number of nitrogens with zero attached hydrogens (tertiary/aromatic N) is 2. The van der Waals surface area contributed by atoms with Crippen LogP contribution in [0.4, 0.5) is 0 Å². The van der Waals surface area contributed by atoms with Crippen LogP contribution in [0.15, 0.2) is 0 Å². The van der Waals surface area contributed by atoms with Crippen LogP contribution in [0.2, 0.25) is 0 Å². The normalized spacial score (nSPS) is 24.6. The van der Waals surface area contributed by atoms with Crippen molar-refractivity contribution in [1.29, 1.82) is 0 Å². The zero-order chi connectivity index (χ0) is 11.1. The number of hydrogen-bond acceptors (Lipinski definition) is 2. The van der Waals surface area contributed by atoms with Crippen molar-refractivity contribution in [1.82, 2.24) is 14.8 Å². The highest BCUT2D eigenvalue weighted by molar-refractivity contribution is 7.71. The average molecular weight is 225 g/mol. The van der Waals surface area contributed by atoms with Crippen LogP contribution in [-0.2, 0) is 6.54 Å². The highest BCUT2D eigenvalue weighted by Gasteiger charge is 2.38. The van der Waals surface area contributed by atoms with Crippen molar-refractivity contribution in [2.24, 2.45) is 5.41 Å². The van der Waals surface area contributed by atoms with Gasteiger partial charge in [0.25, 0.3) is 0 Å². The van der Waals surface area contributed by atoms with Gasteiger partial charge in [0.15, 0.2) is 4.77 Å². The Morgan fingerprint density at radius 3 is 2.87 bits per heavy atom. The molecule has 2 rings (SSSR count). The van der Waals surface area contributed by atoms with Gasteiger partial charge in [-0.2, -0.15) is 5.10 Å². The molecule has 0 aliphatic heterocycles. The molecule has 0 radical (unpaired) electrons. The maximum absolute atomic E-state index is 5.23. The highest BCUT2D eigenvalue weighted by Crippen LogP contribution is 2.48. The Balaban J connectivity index is 2.41. The Hall–Kier alpha value is -0.640. The first-order valence-corrected chi connectivity index (χ1v) is 6.12. The van der Waals surface area contributed by atoms with Gasteiger partial charge in [-0.05, 0) is 37.4 Å². The van der Waals surface area contributed by atoms with E-state index in [1.54, 1.807) is 0 Å². The van der Waals surface area contributed by atoms with Crippen molar-refractivity contribution in [3.05, 3.63) is 10.6 Å². The molecule has 0 spiro atoms. The minimum absolute atomic E-state index is 0.369. The van der Waals surface area contributed by atoms with Crippen molar-refractivity contribution in [2.75, 3.05) is 0 Å². The van der Waals surface area contributed by atoms with E-state index in [0.717, 1.165) is 17.1 Å². The summed E-state index contributed by atoms with van der Waals surface area (Å²) in [6.45, 7) is 7.71. The van der Waals surface area contributed by atoms with Gasteiger partial charge in [-0.15, -0.1) is 0 Å². The number of rotatable bonds is 2. The predicted octanol–water partition coefficient (Wildman–Crippen LogP) is 3.25. The third kappa shape index (κ3) is 1.75. The number of aromatic nitrogens is 3. The van der Waals surface area contributed by atoms with Crippen LogP contribution in [0.3, 0.4) is 0 Å². The molecule has 1 saturated carbocycles. The van der Waals surface area contributed by atoms with E-state index in [-0.39, 0.29) is 0 Å². The Labute approximate surface area is 95.9 Å². The predicted molar refractivity (Wildman–Crippen MR) is 63.5 cm³/mol. The average Bonchev–Trinajstić information content (AvgIpc) is 2.68. The number of aromatic amines is 1. The molecule has 1 aliphatic rings. The van der Waals surface area contributed by atoms with Gasteiger partial charge in [0.1, 0.15) is 5.82 Å². The molecule has 1 aliphatic carbocycles. The summed E-state index contributed by atoms with van der Waals surface area (Å²) in [5, 5.41) is 7.33. The van der Waals surface area contributed by atoms with Gasteiger partial charge >= 0.3 is 0 Å². The second-order valence-corrected chi connectivity index (χ2v) is 5.45. The van der Waals surface area contributed by atoms with Crippen LogP contribution >= 0.6 is 12.2 Å². The molecular weight excluding hydrogens is 206 g/mol. The third-order valence-corrected chi connectivity index (χ3v) is 3.98. The van der Waals surface area contributed by atoms with E-state index in [2.05, 4.69) is 35.5 Å². The van der Waals surface area contributed by atoms with Gasteiger partial charge in [0, 0.05) is 12.5 Å². The Bertz CT molecular complexity index is 402. The first-order chi connectivity index (χ1) is 7.06. The SMILES string of the molecule is CCn1c(C2CCCC2(C)C)n[nH]c1=S. The quantitative estimate of drug-likeness (QED) is 0.784. The standard InChI is InChI=1S/C11H19N3S/c1-4-14-9(12-13-10(14)15)8-6-5-7-11(8,2)3/h8H,4-7H2,1-3H3,(H,13,15). The number of nitrogens with one attached hydrogen (secondary N) is 1. The number of hydrogen-bond donors (Lipinski definition) is 1. The minimum atomic E-state index is 0.369. The lowest BCUT2D eigenvalue weighted by Crippen LogP contribution is -2.19. The van der Waals surface area contributed by atoms with Crippen LogP contribution in [0.1, 0.15) is 51.8 Å². The summed E-state index contributed by atoms with van der Waals surface area (Å²) in [4.78, 5) is 0. The third-order valence-electron chi connectivity index (χ3n) is 3.67. The molecule has 1 unspecified atom stereocenters. The van der Waals surface area contributed by atoms with Crippen molar-refractivity contribution >= 4 is 12.2 Å². The molecule has 1 heterocycles. The summed E-state index contributed by atoms with van der Waals surface area (Å²) in [5.41, 5.74) is 0.369. The molecule has 1 aromatic rings. The molecule has 4 heteroatoms. The lowest BCUT2D eigenvalue weighted by Gasteiger charge is -2.26. The van der Waals surface area contributed by atoms with Gasteiger partial charge in [-0.1, -0.05) is 20.3 Å². The smallest absolute Gasteiger partial charge is 0.195 e. The fourth-order valence-corrected chi connectivity index (χ4v) is 2.98. The highest BCUT2D eigenvalue weighted by atomic mass is 32.1. The molecule has 0 bridgehead atoms. The minimum Gasteiger partial charge on any atom is -0.304 e. The van der Waals surface area contributed by atoms with E-state index < -0.39 is 0 Å². The van der Waals surface area contributed by atoms with E-state index in [4.69, 9.17) is 12.2 Å². The lowest BCUT2D eigenvalue weighted by atomic mass is 9.81. The van der Waals surface area contributed by atoms with Crippen LogP contribution in [0.5, 0.6) is 0 Å².